The minimum Gasteiger partial charge on any atom is -0.361 e. The average molecular weight is 279 g/mol. The largest absolute Gasteiger partial charge is 0.361 e. The molecule has 2 heterocycles. The van der Waals surface area contributed by atoms with Gasteiger partial charge in [0.25, 0.3) is 0 Å². The second-order valence-electron chi connectivity index (χ2n) is 6.03. The highest BCUT2D eigenvalue weighted by Crippen LogP contribution is 2.22. The van der Waals surface area contributed by atoms with Gasteiger partial charge in [-0.2, -0.15) is 0 Å². The van der Waals surface area contributed by atoms with Crippen molar-refractivity contribution in [1.29, 1.82) is 0 Å². The second-order valence-corrected chi connectivity index (χ2v) is 6.03. The van der Waals surface area contributed by atoms with E-state index in [1.54, 1.807) is 0 Å². The summed E-state index contributed by atoms with van der Waals surface area (Å²) in [6.45, 7) is 7.24. The molecule has 2 rings (SSSR count). The van der Waals surface area contributed by atoms with Crippen LogP contribution < -0.4 is 0 Å². The molecule has 0 saturated carbocycles. The van der Waals surface area contributed by atoms with Crippen molar-refractivity contribution in [2.24, 2.45) is 0 Å². The Morgan fingerprint density at radius 2 is 2.10 bits per heavy atom. The van der Waals surface area contributed by atoms with Crippen molar-refractivity contribution in [1.82, 2.24) is 15.0 Å². The summed E-state index contributed by atoms with van der Waals surface area (Å²) in [7, 11) is 1.95. The summed E-state index contributed by atoms with van der Waals surface area (Å²) in [6, 6.07) is 2.62. The maximum atomic E-state index is 12.5. The van der Waals surface area contributed by atoms with Gasteiger partial charge >= 0.3 is 0 Å². The zero-order chi connectivity index (χ0) is 14.7. The van der Waals surface area contributed by atoms with Gasteiger partial charge in [0, 0.05) is 24.7 Å². The number of carbonyl (C=O) groups excluding carboxylic acids is 1. The molecule has 2 unspecified atom stereocenters. The van der Waals surface area contributed by atoms with Crippen LogP contribution in [0.25, 0.3) is 0 Å². The van der Waals surface area contributed by atoms with Gasteiger partial charge in [-0.3, -0.25) is 9.69 Å². The van der Waals surface area contributed by atoms with E-state index < -0.39 is 0 Å². The number of amides is 1. The average Bonchev–Trinajstić information content (AvgIpc) is 2.74. The number of likely N-dealkylation sites (tertiary alicyclic amines) is 1. The van der Waals surface area contributed by atoms with E-state index in [4.69, 9.17) is 4.52 Å². The quantitative estimate of drug-likeness (QED) is 0.848. The molecule has 0 bridgehead atoms. The topological polar surface area (TPSA) is 49.6 Å². The summed E-state index contributed by atoms with van der Waals surface area (Å²) < 4.78 is 5.05. The number of nitrogens with zero attached hydrogens (tertiary/aromatic N) is 3. The molecule has 1 aromatic rings. The highest BCUT2D eigenvalue weighted by molar-refractivity contribution is 5.79. The van der Waals surface area contributed by atoms with E-state index in [9.17, 15) is 4.79 Å². The maximum absolute atomic E-state index is 12.5. The highest BCUT2D eigenvalue weighted by Gasteiger charge is 2.29. The first-order chi connectivity index (χ1) is 9.47. The fraction of sp³-hybridized carbons (Fsp3) is 0.733. The number of piperidine rings is 1. The molecule has 112 valence electrons. The van der Waals surface area contributed by atoms with Crippen molar-refractivity contribution in [2.45, 2.75) is 58.7 Å². The Kier molecular flexibility index (Phi) is 4.81. The van der Waals surface area contributed by atoms with Crippen LogP contribution >= 0.6 is 0 Å². The van der Waals surface area contributed by atoms with E-state index in [0.717, 1.165) is 24.3 Å². The van der Waals surface area contributed by atoms with E-state index in [0.29, 0.717) is 25.2 Å². The lowest BCUT2D eigenvalue weighted by Gasteiger charge is -2.39. The second kappa shape index (κ2) is 6.39. The van der Waals surface area contributed by atoms with Crippen LogP contribution in [0.5, 0.6) is 0 Å². The predicted octanol–water partition coefficient (Wildman–Crippen LogP) is 2.20. The first-order valence-corrected chi connectivity index (χ1v) is 7.39. The lowest BCUT2D eigenvalue weighted by molar-refractivity contribution is -0.138. The fourth-order valence-electron chi connectivity index (χ4n) is 3.05. The molecule has 0 aliphatic carbocycles. The summed E-state index contributed by atoms with van der Waals surface area (Å²) >= 11 is 0. The minimum absolute atomic E-state index is 0.215. The molecule has 5 nitrogen and oxygen atoms in total. The van der Waals surface area contributed by atoms with Gasteiger partial charge in [0.2, 0.25) is 5.91 Å². The molecule has 1 aliphatic rings. The molecule has 1 aromatic heterocycles. The molecule has 20 heavy (non-hydrogen) atoms. The van der Waals surface area contributed by atoms with Gasteiger partial charge in [0.15, 0.2) is 0 Å². The third kappa shape index (κ3) is 3.60. The third-order valence-electron chi connectivity index (χ3n) is 4.00. The number of aromatic nitrogens is 1. The Balaban J connectivity index is 1.89. The van der Waals surface area contributed by atoms with Crippen molar-refractivity contribution >= 4 is 5.91 Å². The highest BCUT2D eigenvalue weighted by atomic mass is 16.5. The van der Waals surface area contributed by atoms with E-state index in [2.05, 4.69) is 19.0 Å². The molecule has 5 heteroatoms. The normalized spacial score (nSPS) is 23.4. The van der Waals surface area contributed by atoms with Crippen LogP contribution in [0.2, 0.25) is 0 Å². The zero-order valence-electron chi connectivity index (χ0n) is 12.9. The summed E-state index contributed by atoms with van der Waals surface area (Å²) in [5.41, 5.74) is 0.873. The van der Waals surface area contributed by atoms with E-state index >= 15 is 0 Å². The molecule has 0 spiro atoms. The lowest BCUT2D eigenvalue weighted by atomic mass is 9.97. The molecule has 0 radical (unpaired) electrons. The Morgan fingerprint density at radius 3 is 2.65 bits per heavy atom. The van der Waals surface area contributed by atoms with Gasteiger partial charge in [-0.1, -0.05) is 5.16 Å². The molecule has 0 aromatic carbocycles. The minimum atomic E-state index is 0.215. The predicted molar refractivity (Wildman–Crippen MR) is 77.2 cm³/mol. The number of carbonyl (C=O) groups is 1. The van der Waals surface area contributed by atoms with Crippen LogP contribution in [0.4, 0.5) is 0 Å². The fourth-order valence-corrected chi connectivity index (χ4v) is 3.05. The summed E-state index contributed by atoms with van der Waals surface area (Å²) in [5, 5.41) is 3.96. The van der Waals surface area contributed by atoms with Crippen LogP contribution in [0.3, 0.4) is 0 Å². The molecule has 0 N–H and O–H groups in total. The number of likely N-dealkylation sites (N-methyl/N-ethyl adjacent to an activating group) is 1. The number of rotatable bonds is 4. The molecular weight excluding hydrogens is 254 g/mol. The van der Waals surface area contributed by atoms with Gasteiger partial charge in [-0.15, -0.1) is 0 Å². The van der Waals surface area contributed by atoms with Gasteiger partial charge in [-0.25, -0.2) is 0 Å². The van der Waals surface area contributed by atoms with E-state index in [1.165, 1.54) is 6.42 Å². The Morgan fingerprint density at radius 1 is 1.45 bits per heavy atom. The van der Waals surface area contributed by atoms with Crippen LogP contribution in [0, 0.1) is 6.92 Å². The van der Waals surface area contributed by atoms with Gasteiger partial charge < -0.3 is 9.42 Å². The maximum Gasteiger partial charge on any atom is 0.237 e. The molecule has 1 fully saturated rings. The van der Waals surface area contributed by atoms with Crippen LogP contribution in [0.15, 0.2) is 10.6 Å². The first kappa shape index (κ1) is 15.0. The lowest BCUT2D eigenvalue weighted by Crippen LogP contribution is -2.50. The SMILES string of the molecule is Cc1cc(CN(C)CC(=O)N2C(C)CCCC2C)no1. The van der Waals surface area contributed by atoms with Crippen molar-refractivity contribution in [3.05, 3.63) is 17.5 Å². The first-order valence-electron chi connectivity index (χ1n) is 7.39. The van der Waals surface area contributed by atoms with Crippen LogP contribution in [0.1, 0.15) is 44.6 Å². The van der Waals surface area contributed by atoms with Gasteiger partial charge in [-0.05, 0) is 47.1 Å². The van der Waals surface area contributed by atoms with Gasteiger partial charge in [0.1, 0.15) is 5.76 Å². The van der Waals surface area contributed by atoms with Crippen molar-refractivity contribution in [3.8, 4) is 0 Å². The van der Waals surface area contributed by atoms with Crippen molar-refractivity contribution in [3.63, 3.8) is 0 Å². The summed E-state index contributed by atoms with van der Waals surface area (Å²) in [4.78, 5) is 16.5. The van der Waals surface area contributed by atoms with Crippen molar-refractivity contribution in [2.75, 3.05) is 13.6 Å². The molecule has 2 atom stereocenters. The smallest absolute Gasteiger partial charge is 0.237 e. The molecule has 1 aliphatic heterocycles. The molecule has 1 saturated heterocycles. The Bertz CT molecular complexity index is 448. The number of aryl methyl sites for hydroxylation is 1. The monoisotopic (exact) mass is 279 g/mol. The molecule has 1 amide bonds. The van der Waals surface area contributed by atoms with Crippen LogP contribution in [-0.2, 0) is 11.3 Å². The van der Waals surface area contributed by atoms with Crippen molar-refractivity contribution < 1.29 is 9.32 Å². The number of hydrogen-bond donors (Lipinski definition) is 0. The van der Waals surface area contributed by atoms with Crippen LogP contribution in [-0.4, -0.2) is 46.5 Å². The van der Waals surface area contributed by atoms with E-state index in [1.807, 2.05) is 29.8 Å². The van der Waals surface area contributed by atoms with E-state index in [-0.39, 0.29) is 5.91 Å². The Labute approximate surface area is 120 Å². The zero-order valence-corrected chi connectivity index (χ0v) is 12.9. The Hall–Kier alpha value is -1.36. The molecular formula is C15H25N3O2. The summed E-state index contributed by atoms with van der Waals surface area (Å²) in [6.07, 6.45) is 3.45. The number of hydrogen-bond acceptors (Lipinski definition) is 4. The van der Waals surface area contributed by atoms with Gasteiger partial charge in [0.05, 0.1) is 12.2 Å². The summed E-state index contributed by atoms with van der Waals surface area (Å²) in [5.74, 6) is 1.02. The standard InChI is InChI=1S/C15H25N3O2/c1-11-6-5-7-12(2)18(11)15(19)10-17(4)9-14-8-13(3)20-16-14/h8,11-12H,5-7,9-10H2,1-4H3. The third-order valence-corrected chi connectivity index (χ3v) is 4.00.